The van der Waals surface area contributed by atoms with Crippen molar-refractivity contribution in [2.45, 2.75) is 19.8 Å². The Morgan fingerprint density at radius 1 is 1.36 bits per heavy atom. The first-order valence-electron chi connectivity index (χ1n) is 5.10. The lowest BCUT2D eigenvalue weighted by molar-refractivity contribution is 0.0952. The second kappa shape index (κ2) is 3.82. The minimum atomic E-state index is 0.0527. The molecule has 0 atom stereocenters. The van der Waals surface area contributed by atoms with Gasteiger partial charge < -0.3 is 5.32 Å². The molecule has 0 heterocycles. The maximum absolute atomic E-state index is 11.6. The summed E-state index contributed by atoms with van der Waals surface area (Å²) in [5.74, 6) is 0.793. The van der Waals surface area contributed by atoms with Gasteiger partial charge in [-0.25, -0.2) is 0 Å². The van der Waals surface area contributed by atoms with E-state index in [1.165, 1.54) is 18.4 Å². The number of carbonyl (C=O) groups is 1. The first-order valence-corrected chi connectivity index (χ1v) is 5.10. The molecule has 1 aromatic carbocycles. The van der Waals surface area contributed by atoms with E-state index in [1.54, 1.807) is 0 Å². The molecule has 0 aliphatic heterocycles. The van der Waals surface area contributed by atoms with Crippen LogP contribution in [-0.2, 0) is 0 Å². The lowest BCUT2D eigenvalue weighted by Gasteiger charge is -2.03. The zero-order valence-corrected chi connectivity index (χ0v) is 8.42. The van der Waals surface area contributed by atoms with Crippen LogP contribution in [0.2, 0.25) is 0 Å². The molecular formula is C12H15NO. The van der Waals surface area contributed by atoms with E-state index in [9.17, 15) is 4.79 Å². The minimum absolute atomic E-state index is 0.0527. The van der Waals surface area contributed by atoms with Crippen molar-refractivity contribution in [3.8, 4) is 0 Å². The van der Waals surface area contributed by atoms with Crippen LogP contribution in [0.1, 0.15) is 28.8 Å². The summed E-state index contributed by atoms with van der Waals surface area (Å²) in [5, 5.41) is 2.94. The molecule has 1 amide bonds. The Kier molecular flexibility index (Phi) is 2.53. The number of rotatable bonds is 3. The monoisotopic (exact) mass is 189 g/mol. The molecule has 0 spiro atoms. The second-order valence-corrected chi connectivity index (χ2v) is 4.02. The Bertz CT molecular complexity index is 325. The van der Waals surface area contributed by atoms with E-state index in [1.807, 2.05) is 31.2 Å². The first-order chi connectivity index (χ1) is 6.75. The average molecular weight is 189 g/mol. The topological polar surface area (TPSA) is 29.1 Å². The van der Waals surface area contributed by atoms with Crippen LogP contribution in [0.4, 0.5) is 0 Å². The van der Waals surface area contributed by atoms with Gasteiger partial charge in [0.1, 0.15) is 0 Å². The summed E-state index contributed by atoms with van der Waals surface area (Å²) < 4.78 is 0. The maximum Gasteiger partial charge on any atom is 0.251 e. The standard InChI is InChI=1S/C12H15NO/c1-9-2-6-11(7-3-9)12(14)13-8-10-4-5-10/h2-3,6-7,10H,4-5,8H2,1H3,(H,13,14). The highest BCUT2D eigenvalue weighted by atomic mass is 16.1. The highest BCUT2D eigenvalue weighted by molar-refractivity contribution is 5.94. The van der Waals surface area contributed by atoms with Gasteiger partial charge in [-0.15, -0.1) is 0 Å². The Labute approximate surface area is 84.3 Å². The van der Waals surface area contributed by atoms with Gasteiger partial charge >= 0.3 is 0 Å². The van der Waals surface area contributed by atoms with Crippen molar-refractivity contribution in [2.75, 3.05) is 6.54 Å². The van der Waals surface area contributed by atoms with Crippen LogP contribution in [-0.4, -0.2) is 12.5 Å². The SMILES string of the molecule is Cc1ccc(C(=O)NCC2CC2)cc1. The second-order valence-electron chi connectivity index (χ2n) is 4.02. The van der Waals surface area contributed by atoms with Gasteiger partial charge in [0.25, 0.3) is 5.91 Å². The normalized spacial score (nSPS) is 15.2. The van der Waals surface area contributed by atoms with Gasteiger partial charge in [0.15, 0.2) is 0 Å². The van der Waals surface area contributed by atoms with Gasteiger partial charge in [-0.1, -0.05) is 17.7 Å². The van der Waals surface area contributed by atoms with E-state index in [4.69, 9.17) is 0 Å². The smallest absolute Gasteiger partial charge is 0.251 e. The van der Waals surface area contributed by atoms with Crippen molar-refractivity contribution < 1.29 is 4.79 Å². The molecule has 14 heavy (non-hydrogen) atoms. The Morgan fingerprint density at radius 2 is 2.00 bits per heavy atom. The molecule has 74 valence electrons. The van der Waals surface area contributed by atoms with Crippen LogP contribution in [0, 0.1) is 12.8 Å². The van der Waals surface area contributed by atoms with Crippen molar-refractivity contribution in [3.05, 3.63) is 35.4 Å². The lowest BCUT2D eigenvalue weighted by atomic mass is 10.1. The van der Waals surface area contributed by atoms with E-state index < -0.39 is 0 Å². The van der Waals surface area contributed by atoms with Crippen molar-refractivity contribution in [3.63, 3.8) is 0 Å². The third kappa shape index (κ3) is 2.34. The summed E-state index contributed by atoms with van der Waals surface area (Å²) in [7, 11) is 0. The summed E-state index contributed by atoms with van der Waals surface area (Å²) in [6.07, 6.45) is 2.54. The molecule has 1 saturated carbocycles. The molecule has 0 aromatic heterocycles. The third-order valence-electron chi connectivity index (χ3n) is 2.56. The quantitative estimate of drug-likeness (QED) is 0.775. The number of carbonyl (C=O) groups excluding carboxylic acids is 1. The van der Waals surface area contributed by atoms with Crippen LogP contribution in [0.3, 0.4) is 0 Å². The maximum atomic E-state index is 11.6. The highest BCUT2D eigenvalue weighted by Gasteiger charge is 2.21. The average Bonchev–Trinajstić information content (AvgIpc) is 2.99. The van der Waals surface area contributed by atoms with Gasteiger partial charge in [0, 0.05) is 12.1 Å². The van der Waals surface area contributed by atoms with E-state index in [-0.39, 0.29) is 5.91 Å². The van der Waals surface area contributed by atoms with Crippen LogP contribution < -0.4 is 5.32 Å². The molecule has 1 aliphatic rings. The van der Waals surface area contributed by atoms with Crippen LogP contribution >= 0.6 is 0 Å². The van der Waals surface area contributed by atoms with Gasteiger partial charge in [-0.05, 0) is 37.8 Å². The number of aryl methyl sites for hydroxylation is 1. The molecule has 1 aromatic rings. The summed E-state index contributed by atoms with van der Waals surface area (Å²) >= 11 is 0. The van der Waals surface area contributed by atoms with Crippen molar-refractivity contribution >= 4 is 5.91 Å². The van der Waals surface area contributed by atoms with E-state index in [0.717, 1.165) is 18.0 Å². The van der Waals surface area contributed by atoms with Crippen LogP contribution in [0.25, 0.3) is 0 Å². The number of benzene rings is 1. The van der Waals surface area contributed by atoms with Gasteiger partial charge in [0.2, 0.25) is 0 Å². The van der Waals surface area contributed by atoms with Gasteiger partial charge in [-0.2, -0.15) is 0 Å². The Hall–Kier alpha value is -1.31. The van der Waals surface area contributed by atoms with Crippen LogP contribution in [0.5, 0.6) is 0 Å². The van der Waals surface area contributed by atoms with Crippen molar-refractivity contribution in [1.29, 1.82) is 0 Å². The van der Waals surface area contributed by atoms with Gasteiger partial charge in [0.05, 0.1) is 0 Å². The fraction of sp³-hybridized carbons (Fsp3) is 0.417. The van der Waals surface area contributed by atoms with E-state index in [2.05, 4.69) is 5.32 Å². The molecule has 0 radical (unpaired) electrons. The van der Waals surface area contributed by atoms with Crippen molar-refractivity contribution in [1.82, 2.24) is 5.32 Å². The fourth-order valence-electron chi connectivity index (χ4n) is 1.37. The lowest BCUT2D eigenvalue weighted by Crippen LogP contribution is -2.25. The predicted molar refractivity (Wildman–Crippen MR) is 56.2 cm³/mol. The van der Waals surface area contributed by atoms with Gasteiger partial charge in [-0.3, -0.25) is 4.79 Å². The van der Waals surface area contributed by atoms with E-state index in [0.29, 0.717) is 0 Å². The fourth-order valence-corrected chi connectivity index (χ4v) is 1.37. The molecule has 1 fully saturated rings. The third-order valence-corrected chi connectivity index (χ3v) is 2.56. The molecule has 1 N–H and O–H groups in total. The summed E-state index contributed by atoms with van der Waals surface area (Å²) in [4.78, 5) is 11.6. The predicted octanol–water partition coefficient (Wildman–Crippen LogP) is 2.13. The summed E-state index contributed by atoms with van der Waals surface area (Å²) in [6.45, 7) is 2.86. The zero-order valence-electron chi connectivity index (χ0n) is 8.42. The molecule has 0 saturated heterocycles. The molecule has 0 bridgehead atoms. The number of hydrogen-bond acceptors (Lipinski definition) is 1. The Balaban J connectivity index is 1.92. The first kappa shape index (κ1) is 9.25. The highest BCUT2D eigenvalue weighted by Crippen LogP contribution is 2.27. The minimum Gasteiger partial charge on any atom is -0.352 e. The number of hydrogen-bond donors (Lipinski definition) is 1. The largest absolute Gasteiger partial charge is 0.352 e. The molecule has 0 unspecified atom stereocenters. The number of amides is 1. The molecule has 2 rings (SSSR count). The number of nitrogens with one attached hydrogen (secondary N) is 1. The Morgan fingerprint density at radius 3 is 2.57 bits per heavy atom. The molecule has 1 aliphatic carbocycles. The molecular weight excluding hydrogens is 174 g/mol. The van der Waals surface area contributed by atoms with Crippen LogP contribution in [0.15, 0.2) is 24.3 Å². The van der Waals surface area contributed by atoms with Crippen molar-refractivity contribution in [2.24, 2.45) is 5.92 Å². The zero-order chi connectivity index (χ0) is 9.97. The summed E-state index contributed by atoms with van der Waals surface area (Å²) in [5.41, 5.74) is 1.94. The summed E-state index contributed by atoms with van der Waals surface area (Å²) in [6, 6.07) is 7.67. The molecule has 2 heteroatoms. The molecule has 2 nitrogen and oxygen atoms in total. The van der Waals surface area contributed by atoms with E-state index >= 15 is 0 Å².